The molecule has 4 aromatic heterocycles. The minimum Gasteiger partial charge on any atom is -0.390 e. The minimum absolute atomic E-state index is 0.133. The van der Waals surface area contributed by atoms with Crippen molar-refractivity contribution in [3.05, 3.63) is 78.6 Å². The van der Waals surface area contributed by atoms with Crippen LogP contribution in [0.2, 0.25) is 0 Å². The molecule has 0 unspecified atom stereocenters. The Morgan fingerprint density at radius 2 is 1.91 bits per heavy atom. The largest absolute Gasteiger partial charge is 0.390 e. The summed E-state index contributed by atoms with van der Waals surface area (Å²) in [5.41, 5.74) is 11.9. The molecule has 0 aliphatic rings. The van der Waals surface area contributed by atoms with Gasteiger partial charge in [0.2, 0.25) is 0 Å². The molecule has 4 heterocycles. The van der Waals surface area contributed by atoms with Crippen molar-refractivity contribution in [3.63, 3.8) is 0 Å². The fourth-order valence-electron chi connectivity index (χ4n) is 3.76. The summed E-state index contributed by atoms with van der Waals surface area (Å²) in [5, 5.41) is 15.1. The number of benzene rings is 1. The molecule has 0 spiro atoms. The van der Waals surface area contributed by atoms with Gasteiger partial charge >= 0.3 is 0 Å². The van der Waals surface area contributed by atoms with Gasteiger partial charge in [-0.3, -0.25) is 4.98 Å². The van der Waals surface area contributed by atoms with Crippen molar-refractivity contribution in [2.45, 2.75) is 19.6 Å². The highest BCUT2D eigenvalue weighted by Gasteiger charge is 2.16. The molecule has 0 aliphatic heterocycles. The molecule has 1 atom stereocenters. The van der Waals surface area contributed by atoms with Crippen molar-refractivity contribution in [2.24, 2.45) is 12.8 Å². The lowest BCUT2D eigenvalue weighted by Gasteiger charge is -2.11. The van der Waals surface area contributed by atoms with Gasteiger partial charge in [0.15, 0.2) is 5.82 Å². The molecule has 0 bridgehead atoms. The van der Waals surface area contributed by atoms with Crippen LogP contribution >= 0.6 is 0 Å². The number of aliphatic hydroxyl groups excluding tert-OH is 1. The van der Waals surface area contributed by atoms with Gasteiger partial charge in [-0.1, -0.05) is 12.1 Å². The van der Waals surface area contributed by atoms with Crippen molar-refractivity contribution < 1.29 is 5.11 Å². The average Bonchev–Trinajstić information content (AvgIpc) is 3.45. The maximum Gasteiger partial charge on any atom is 0.154 e. The number of hydrogen-bond acceptors (Lipinski definition) is 6. The first-order valence-electron chi connectivity index (χ1n) is 10.3. The van der Waals surface area contributed by atoms with Crippen molar-refractivity contribution in [3.8, 4) is 28.3 Å². The van der Waals surface area contributed by atoms with Gasteiger partial charge in [-0.05, 0) is 43.3 Å². The van der Waals surface area contributed by atoms with Crippen LogP contribution in [0.25, 0.3) is 39.2 Å². The number of nitrogens with zero attached hydrogens (tertiary/aromatic N) is 6. The topological polar surface area (TPSA) is 108 Å². The Kier molecular flexibility index (Phi) is 5.01. The van der Waals surface area contributed by atoms with Gasteiger partial charge in [0, 0.05) is 35.8 Å². The summed E-state index contributed by atoms with van der Waals surface area (Å²) in [6.07, 6.45) is 5.58. The summed E-state index contributed by atoms with van der Waals surface area (Å²) >= 11 is 0. The first-order valence-corrected chi connectivity index (χ1v) is 10.3. The van der Waals surface area contributed by atoms with E-state index in [1.165, 1.54) is 0 Å². The Labute approximate surface area is 185 Å². The molecule has 0 radical (unpaired) electrons. The molecule has 8 heteroatoms. The highest BCUT2D eigenvalue weighted by molar-refractivity contribution is 5.97. The van der Waals surface area contributed by atoms with Crippen LogP contribution in [0.5, 0.6) is 0 Å². The Morgan fingerprint density at radius 1 is 1.06 bits per heavy atom. The summed E-state index contributed by atoms with van der Waals surface area (Å²) < 4.78 is 3.69. The molecule has 5 aromatic rings. The second-order valence-corrected chi connectivity index (χ2v) is 7.82. The van der Waals surface area contributed by atoms with Crippen LogP contribution in [0, 0.1) is 0 Å². The summed E-state index contributed by atoms with van der Waals surface area (Å²) in [4.78, 5) is 13.9. The predicted molar refractivity (Wildman–Crippen MR) is 123 cm³/mol. The van der Waals surface area contributed by atoms with E-state index < -0.39 is 0 Å². The zero-order chi connectivity index (χ0) is 22.2. The lowest BCUT2D eigenvalue weighted by Crippen LogP contribution is -2.07. The monoisotopic (exact) mass is 425 g/mol. The smallest absolute Gasteiger partial charge is 0.154 e. The maximum absolute atomic E-state index is 9.51. The summed E-state index contributed by atoms with van der Waals surface area (Å²) in [5.74, 6) is 0.632. The van der Waals surface area contributed by atoms with E-state index in [9.17, 15) is 5.11 Å². The standard InChI is InChI=1S/C24H23N7O/c1-15(25)20-6-4-7-21(29-20)16-9-18(22-12-30(2)14-26-22)19-11-27-31(23(19)10-16)24-8-3-5-17(13-32)28-24/h3-12,14-15,32H,13,25H2,1-2H3/t15-/m0/s1. The van der Waals surface area contributed by atoms with Crippen LogP contribution in [0.1, 0.15) is 24.4 Å². The van der Waals surface area contributed by atoms with Crippen LogP contribution in [0.15, 0.2) is 67.3 Å². The number of aliphatic hydroxyl groups is 1. The van der Waals surface area contributed by atoms with E-state index in [1.807, 2.05) is 61.3 Å². The van der Waals surface area contributed by atoms with Gasteiger partial charge in [0.25, 0.3) is 0 Å². The molecular formula is C24H23N7O. The highest BCUT2D eigenvalue weighted by Crippen LogP contribution is 2.34. The van der Waals surface area contributed by atoms with E-state index in [1.54, 1.807) is 17.1 Å². The molecule has 160 valence electrons. The Balaban J connectivity index is 1.77. The van der Waals surface area contributed by atoms with E-state index in [0.29, 0.717) is 11.5 Å². The third-order valence-electron chi connectivity index (χ3n) is 5.37. The predicted octanol–water partition coefficient (Wildman–Crippen LogP) is 3.40. The van der Waals surface area contributed by atoms with Crippen molar-refractivity contribution in [2.75, 3.05) is 0 Å². The molecule has 0 fully saturated rings. The molecule has 0 amide bonds. The van der Waals surface area contributed by atoms with Gasteiger partial charge in [0.05, 0.1) is 47.4 Å². The summed E-state index contributed by atoms with van der Waals surface area (Å²) in [7, 11) is 1.94. The highest BCUT2D eigenvalue weighted by atomic mass is 16.3. The summed E-state index contributed by atoms with van der Waals surface area (Å²) in [6.45, 7) is 1.79. The Morgan fingerprint density at radius 3 is 2.66 bits per heavy atom. The van der Waals surface area contributed by atoms with Gasteiger partial charge in [-0.2, -0.15) is 5.10 Å². The van der Waals surface area contributed by atoms with E-state index in [4.69, 9.17) is 10.7 Å². The zero-order valence-electron chi connectivity index (χ0n) is 17.8. The number of imidazole rings is 1. The molecule has 0 saturated carbocycles. The number of aryl methyl sites for hydroxylation is 1. The lowest BCUT2D eigenvalue weighted by molar-refractivity contribution is 0.276. The number of hydrogen-bond donors (Lipinski definition) is 2. The Bertz CT molecular complexity index is 1420. The molecular weight excluding hydrogens is 402 g/mol. The van der Waals surface area contributed by atoms with Crippen LogP contribution in [-0.4, -0.2) is 34.4 Å². The third-order valence-corrected chi connectivity index (χ3v) is 5.37. The molecule has 32 heavy (non-hydrogen) atoms. The van der Waals surface area contributed by atoms with Crippen LogP contribution < -0.4 is 5.73 Å². The number of rotatable bonds is 5. The molecule has 5 rings (SSSR count). The maximum atomic E-state index is 9.51. The normalized spacial score (nSPS) is 12.4. The van der Waals surface area contributed by atoms with E-state index in [2.05, 4.69) is 27.2 Å². The fourth-order valence-corrected chi connectivity index (χ4v) is 3.76. The third kappa shape index (κ3) is 3.55. The quantitative estimate of drug-likeness (QED) is 0.447. The van der Waals surface area contributed by atoms with E-state index in [-0.39, 0.29) is 12.6 Å². The van der Waals surface area contributed by atoms with Gasteiger partial charge in [-0.15, -0.1) is 0 Å². The van der Waals surface area contributed by atoms with E-state index in [0.717, 1.165) is 39.1 Å². The number of nitrogens with two attached hydrogens (primary N) is 1. The fraction of sp³-hybridized carbons (Fsp3) is 0.167. The second kappa shape index (κ2) is 7.99. The second-order valence-electron chi connectivity index (χ2n) is 7.82. The molecule has 8 nitrogen and oxygen atoms in total. The van der Waals surface area contributed by atoms with Crippen LogP contribution in [-0.2, 0) is 13.7 Å². The van der Waals surface area contributed by atoms with Crippen LogP contribution in [0.3, 0.4) is 0 Å². The number of aromatic nitrogens is 6. The van der Waals surface area contributed by atoms with Crippen molar-refractivity contribution in [1.82, 2.24) is 29.3 Å². The zero-order valence-corrected chi connectivity index (χ0v) is 17.8. The van der Waals surface area contributed by atoms with E-state index >= 15 is 0 Å². The van der Waals surface area contributed by atoms with Crippen molar-refractivity contribution in [1.29, 1.82) is 0 Å². The number of pyridine rings is 2. The molecule has 3 N–H and O–H groups in total. The Hall–Kier alpha value is -3.88. The first-order chi connectivity index (χ1) is 15.5. The van der Waals surface area contributed by atoms with Crippen LogP contribution in [0.4, 0.5) is 0 Å². The van der Waals surface area contributed by atoms with Gasteiger partial charge in [-0.25, -0.2) is 14.6 Å². The molecule has 0 aliphatic carbocycles. The first kappa shape index (κ1) is 20.0. The summed E-state index contributed by atoms with van der Waals surface area (Å²) in [6, 6.07) is 15.4. The van der Waals surface area contributed by atoms with Gasteiger partial charge < -0.3 is 15.4 Å². The molecule has 1 aromatic carbocycles. The van der Waals surface area contributed by atoms with Crippen molar-refractivity contribution >= 4 is 10.9 Å². The lowest BCUT2D eigenvalue weighted by atomic mass is 10.0. The molecule has 0 saturated heterocycles. The average molecular weight is 425 g/mol. The minimum atomic E-state index is -0.162. The van der Waals surface area contributed by atoms with Gasteiger partial charge in [0.1, 0.15) is 0 Å². The SMILES string of the molecule is C[C@H](N)c1cccc(-c2cc(-c3cn(C)cn3)c3cnn(-c4cccc(CO)n4)c3c2)n1. The number of fused-ring (bicyclic) bond motifs is 1.